The highest BCUT2D eigenvalue weighted by molar-refractivity contribution is 5.88. The van der Waals surface area contributed by atoms with Crippen LogP contribution in [0, 0.1) is 11.3 Å². The number of hydrogen-bond acceptors (Lipinski definition) is 3. The fraction of sp³-hybridized carbons (Fsp3) is 0. The second-order valence-corrected chi connectivity index (χ2v) is 3.43. The Hall–Kier alpha value is -2.67. The van der Waals surface area contributed by atoms with Crippen molar-refractivity contribution in [1.82, 2.24) is 4.98 Å². The van der Waals surface area contributed by atoms with Gasteiger partial charge >= 0.3 is 5.97 Å². The molecular formula is C13H8N2O2. The van der Waals surface area contributed by atoms with Gasteiger partial charge in [-0.05, 0) is 24.3 Å². The number of benzene rings is 1. The van der Waals surface area contributed by atoms with Crippen molar-refractivity contribution in [2.45, 2.75) is 0 Å². The average Bonchev–Trinajstić information content (AvgIpc) is 2.39. The van der Waals surface area contributed by atoms with Gasteiger partial charge in [0.15, 0.2) is 0 Å². The SMILES string of the molecule is N#Cc1cccc(-c2cc(C(=O)O)ccn2)c1. The van der Waals surface area contributed by atoms with E-state index in [0.29, 0.717) is 11.3 Å². The molecular weight excluding hydrogens is 216 g/mol. The molecule has 4 heteroatoms. The normalized spacial score (nSPS) is 9.59. The van der Waals surface area contributed by atoms with Crippen LogP contribution in [0.1, 0.15) is 15.9 Å². The summed E-state index contributed by atoms with van der Waals surface area (Å²) in [4.78, 5) is 14.9. The van der Waals surface area contributed by atoms with Crippen LogP contribution in [0.5, 0.6) is 0 Å². The van der Waals surface area contributed by atoms with Crippen LogP contribution in [-0.4, -0.2) is 16.1 Å². The standard InChI is InChI=1S/C13H8N2O2/c14-8-9-2-1-3-10(6-9)12-7-11(13(16)17)4-5-15-12/h1-7H,(H,16,17). The van der Waals surface area contributed by atoms with Crippen molar-refractivity contribution in [2.24, 2.45) is 0 Å². The summed E-state index contributed by atoms with van der Waals surface area (Å²) in [5, 5.41) is 17.7. The Labute approximate surface area is 97.8 Å². The summed E-state index contributed by atoms with van der Waals surface area (Å²) in [6.07, 6.45) is 1.44. The van der Waals surface area contributed by atoms with Gasteiger partial charge in [-0.2, -0.15) is 5.26 Å². The van der Waals surface area contributed by atoms with Crippen LogP contribution >= 0.6 is 0 Å². The smallest absolute Gasteiger partial charge is 0.335 e. The van der Waals surface area contributed by atoms with E-state index in [1.54, 1.807) is 24.3 Å². The lowest BCUT2D eigenvalue weighted by molar-refractivity contribution is 0.0697. The number of carbonyl (C=O) groups is 1. The first kappa shape index (κ1) is 10.8. The van der Waals surface area contributed by atoms with Gasteiger partial charge in [0.25, 0.3) is 0 Å². The van der Waals surface area contributed by atoms with Crippen molar-refractivity contribution >= 4 is 5.97 Å². The summed E-state index contributed by atoms with van der Waals surface area (Å²) in [6, 6.07) is 11.8. The van der Waals surface area contributed by atoms with E-state index in [2.05, 4.69) is 4.98 Å². The quantitative estimate of drug-likeness (QED) is 0.849. The van der Waals surface area contributed by atoms with E-state index in [4.69, 9.17) is 10.4 Å². The predicted molar refractivity (Wildman–Crippen MR) is 61.3 cm³/mol. The second-order valence-electron chi connectivity index (χ2n) is 3.43. The van der Waals surface area contributed by atoms with E-state index in [9.17, 15) is 4.79 Å². The highest BCUT2D eigenvalue weighted by Crippen LogP contribution is 2.18. The minimum absolute atomic E-state index is 0.178. The van der Waals surface area contributed by atoms with Crippen LogP contribution in [-0.2, 0) is 0 Å². The number of nitrogens with zero attached hydrogens (tertiary/aromatic N) is 2. The Morgan fingerprint density at radius 3 is 2.82 bits per heavy atom. The first-order valence-corrected chi connectivity index (χ1v) is 4.90. The highest BCUT2D eigenvalue weighted by Gasteiger charge is 2.06. The Bertz CT molecular complexity index is 615. The van der Waals surface area contributed by atoms with Crippen molar-refractivity contribution in [3.8, 4) is 17.3 Å². The van der Waals surface area contributed by atoms with Crippen LogP contribution in [0.3, 0.4) is 0 Å². The van der Waals surface area contributed by atoms with Gasteiger partial charge in [-0.15, -0.1) is 0 Å². The molecule has 17 heavy (non-hydrogen) atoms. The molecule has 0 atom stereocenters. The number of rotatable bonds is 2. The maximum absolute atomic E-state index is 10.8. The van der Waals surface area contributed by atoms with Crippen LogP contribution < -0.4 is 0 Å². The topological polar surface area (TPSA) is 74.0 Å². The lowest BCUT2D eigenvalue weighted by atomic mass is 10.1. The summed E-state index contributed by atoms with van der Waals surface area (Å²) < 4.78 is 0. The molecule has 0 aliphatic rings. The molecule has 0 radical (unpaired) electrons. The van der Waals surface area contributed by atoms with Crippen LogP contribution in [0.4, 0.5) is 0 Å². The fourth-order valence-corrected chi connectivity index (χ4v) is 1.47. The van der Waals surface area contributed by atoms with E-state index >= 15 is 0 Å². The van der Waals surface area contributed by atoms with E-state index < -0.39 is 5.97 Å². The molecule has 1 aromatic carbocycles. The number of nitriles is 1. The Morgan fingerprint density at radius 1 is 1.29 bits per heavy atom. The zero-order valence-electron chi connectivity index (χ0n) is 8.79. The molecule has 1 N–H and O–H groups in total. The Morgan fingerprint density at radius 2 is 2.12 bits per heavy atom. The van der Waals surface area contributed by atoms with Crippen LogP contribution in [0.25, 0.3) is 11.3 Å². The molecule has 0 amide bonds. The molecule has 1 aromatic heterocycles. The molecule has 0 fully saturated rings. The summed E-state index contributed by atoms with van der Waals surface area (Å²) in [7, 11) is 0. The molecule has 0 spiro atoms. The lowest BCUT2D eigenvalue weighted by Crippen LogP contribution is -1.97. The number of carboxylic acids is 1. The molecule has 0 saturated heterocycles. The molecule has 0 saturated carbocycles. The number of aromatic nitrogens is 1. The van der Waals surface area contributed by atoms with E-state index in [-0.39, 0.29) is 5.56 Å². The van der Waals surface area contributed by atoms with Gasteiger partial charge < -0.3 is 5.11 Å². The zero-order chi connectivity index (χ0) is 12.3. The lowest BCUT2D eigenvalue weighted by Gasteiger charge is -2.02. The summed E-state index contributed by atoms with van der Waals surface area (Å²) in [5.74, 6) is -0.995. The highest BCUT2D eigenvalue weighted by atomic mass is 16.4. The molecule has 1 heterocycles. The first-order chi connectivity index (χ1) is 8.20. The molecule has 0 bridgehead atoms. The van der Waals surface area contributed by atoms with Crippen LogP contribution in [0.15, 0.2) is 42.6 Å². The van der Waals surface area contributed by atoms with Gasteiger partial charge in [0, 0.05) is 11.8 Å². The number of aromatic carboxylic acids is 1. The van der Waals surface area contributed by atoms with E-state index in [0.717, 1.165) is 5.56 Å². The third-order valence-corrected chi connectivity index (χ3v) is 2.29. The first-order valence-electron chi connectivity index (χ1n) is 4.90. The minimum atomic E-state index is -0.995. The van der Waals surface area contributed by atoms with Gasteiger partial charge in [0.2, 0.25) is 0 Å². The predicted octanol–water partition coefficient (Wildman–Crippen LogP) is 2.32. The van der Waals surface area contributed by atoms with Gasteiger partial charge in [-0.1, -0.05) is 12.1 Å². The second kappa shape index (κ2) is 4.45. The summed E-state index contributed by atoms with van der Waals surface area (Å²) in [6.45, 7) is 0. The number of pyridine rings is 1. The zero-order valence-corrected chi connectivity index (χ0v) is 8.79. The van der Waals surface area contributed by atoms with Crippen molar-refractivity contribution in [3.05, 3.63) is 53.7 Å². The van der Waals surface area contributed by atoms with Crippen molar-refractivity contribution in [2.75, 3.05) is 0 Å². The maximum atomic E-state index is 10.8. The molecule has 2 rings (SSSR count). The van der Waals surface area contributed by atoms with E-state index in [1.165, 1.54) is 18.3 Å². The van der Waals surface area contributed by atoms with Gasteiger partial charge in [-0.3, -0.25) is 4.98 Å². The number of carboxylic acid groups (broad SMARTS) is 1. The van der Waals surface area contributed by atoms with Gasteiger partial charge in [0.05, 0.1) is 22.9 Å². The van der Waals surface area contributed by atoms with E-state index in [1.807, 2.05) is 6.07 Å². The molecule has 2 aromatic rings. The van der Waals surface area contributed by atoms with Crippen molar-refractivity contribution < 1.29 is 9.90 Å². The third-order valence-electron chi connectivity index (χ3n) is 2.29. The van der Waals surface area contributed by atoms with Crippen molar-refractivity contribution in [3.63, 3.8) is 0 Å². The number of hydrogen-bond donors (Lipinski definition) is 1. The monoisotopic (exact) mass is 224 g/mol. The van der Waals surface area contributed by atoms with Gasteiger partial charge in [-0.25, -0.2) is 4.79 Å². The minimum Gasteiger partial charge on any atom is -0.478 e. The maximum Gasteiger partial charge on any atom is 0.335 e. The summed E-state index contributed by atoms with van der Waals surface area (Å²) in [5.41, 5.74) is 1.97. The molecule has 0 aliphatic heterocycles. The van der Waals surface area contributed by atoms with Gasteiger partial charge in [0.1, 0.15) is 0 Å². The van der Waals surface area contributed by atoms with Crippen molar-refractivity contribution in [1.29, 1.82) is 5.26 Å². The average molecular weight is 224 g/mol. The molecule has 0 unspecified atom stereocenters. The molecule has 0 aliphatic carbocycles. The largest absolute Gasteiger partial charge is 0.478 e. The Kier molecular flexibility index (Phi) is 2.84. The summed E-state index contributed by atoms with van der Waals surface area (Å²) >= 11 is 0. The third kappa shape index (κ3) is 2.29. The Balaban J connectivity index is 2.49. The molecule has 82 valence electrons. The van der Waals surface area contributed by atoms with Crippen LogP contribution in [0.2, 0.25) is 0 Å². The fourth-order valence-electron chi connectivity index (χ4n) is 1.47. The molecule has 4 nitrogen and oxygen atoms in total.